The molecule has 0 saturated carbocycles. The van der Waals surface area contributed by atoms with Gasteiger partial charge in [-0.25, -0.2) is 0 Å². The first-order valence-electron chi connectivity index (χ1n) is 8.84. The summed E-state index contributed by atoms with van der Waals surface area (Å²) in [5.74, 6) is 0. The van der Waals surface area contributed by atoms with Crippen molar-refractivity contribution in [2.24, 2.45) is 0 Å². The van der Waals surface area contributed by atoms with Crippen molar-refractivity contribution in [1.82, 2.24) is 0 Å². The van der Waals surface area contributed by atoms with Gasteiger partial charge in [0.25, 0.3) is 0 Å². The Kier molecular flexibility index (Phi) is 7.31. The molecule has 3 aromatic rings. The molecule has 0 bridgehead atoms. The van der Waals surface area contributed by atoms with Crippen LogP contribution in [0.5, 0.6) is 0 Å². The molecule has 2 aromatic carbocycles. The number of benzene rings is 2. The lowest BCUT2D eigenvalue weighted by Crippen LogP contribution is -2.11. The molecule has 8 heteroatoms. The maximum absolute atomic E-state index is 13.3. The Morgan fingerprint density at radius 3 is 2.57 bits per heavy atom. The van der Waals surface area contributed by atoms with E-state index >= 15 is 0 Å². The van der Waals surface area contributed by atoms with Crippen molar-refractivity contribution < 1.29 is 14.0 Å². The first-order valence-corrected chi connectivity index (χ1v) is 12.9. The van der Waals surface area contributed by atoms with Crippen LogP contribution in [0.15, 0.2) is 46.9 Å². The summed E-state index contributed by atoms with van der Waals surface area (Å²) in [6.07, 6.45) is 0.643. The van der Waals surface area contributed by atoms with Gasteiger partial charge in [-0.1, -0.05) is 54.4 Å². The van der Waals surface area contributed by atoms with Crippen molar-refractivity contribution in [3.63, 3.8) is 0 Å². The molecule has 3 unspecified atom stereocenters. The highest BCUT2D eigenvalue weighted by atomic mass is 79.9. The Morgan fingerprint density at radius 2 is 1.93 bits per heavy atom. The molecular formula is C20H20BrCl2O3PS. The van der Waals surface area contributed by atoms with Gasteiger partial charge < -0.3 is 9.42 Å². The second-order valence-electron chi connectivity index (χ2n) is 6.63. The predicted octanol–water partition coefficient (Wildman–Crippen LogP) is 8.25. The molecule has 0 spiro atoms. The maximum Gasteiger partial charge on any atom is 0.336 e. The van der Waals surface area contributed by atoms with Crippen LogP contribution in [0.1, 0.15) is 36.4 Å². The Hall–Kier alpha value is -0.390. The van der Waals surface area contributed by atoms with Gasteiger partial charge in [0.05, 0.1) is 16.1 Å². The third-order valence-electron chi connectivity index (χ3n) is 4.58. The van der Waals surface area contributed by atoms with E-state index in [1.54, 1.807) is 19.1 Å². The van der Waals surface area contributed by atoms with Crippen molar-refractivity contribution >= 4 is 68.2 Å². The molecule has 1 heterocycles. The van der Waals surface area contributed by atoms with Gasteiger partial charge in [0.1, 0.15) is 5.66 Å². The molecule has 0 aliphatic rings. The highest BCUT2D eigenvalue weighted by Crippen LogP contribution is 2.62. The molecule has 0 aliphatic heterocycles. The summed E-state index contributed by atoms with van der Waals surface area (Å²) in [5.41, 5.74) is 0.108. The molecule has 0 saturated heterocycles. The lowest BCUT2D eigenvalue weighted by Gasteiger charge is -2.25. The minimum absolute atomic E-state index is 0.312. The second-order valence-corrected chi connectivity index (χ2v) is 11.3. The minimum Gasteiger partial charge on any atom is -0.324 e. The van der Waals surface area contributed by atoms with E-state index in [1.807, 2.05) is 37.3 Å². The summed E-state index contributed by atoms with van der Waals surface area (Å²) in [6.45, 7) is 3.73. The SMILES string of the molecule is CCC(C)OP(=O)(O)C(Cc1ccc(Cl)c(Cl)c1)c1sc2ccccc2c1Br. The first-order chi connectivity index (χ1) is 13.2. The van der Waals surface area contributed by atoms with Crippen molar-refractivity contribution in [1.29, 1.82) is 0 Å². The fourth-order valence-electron chi connectivity index (χ4n) is 2.90. The Balaban J connectivity index is 2.08. The van der Waals surface area contributed by atoms with E-state index in [0.29, 0.717) is 22.9 Å². The van der Waals surface area contributed by atoms with Crippen molar-refractivity contribution in [3.05, 3.63) is 67.4 Å². The molecule has 0 aliphatic carbocycles. The number of fused-ring (bicyclic) bond motifs is 1. The molecule has 3 nitrogen and oxygen atoms in total. The summed E-state index contributed by atoms with van der Waals surface area (Å²) >= 11 is 17.3. The smallest absolute Gasteiger partial charge is 0.324 e. The summed E-state index contributed by atoms with van der Waals surface area (Å²) in [6, 6.07) is 13.2. The fraction of sp³-hybridized carbons (Fsp3) is 0.300. The summed E-state index contributed by atoms with van der Waals surface area (Å²) < 4.78 is 20.8. The maximum atomic E-state index is 13.3. The van der Waals surface area contributed by atoms with Gasteiger partial charge >= 0.3 is 7.60 Å². The van der Waals surface area contributed by atoms with Gasteiger partial charge in [-0.3, -0.25) is 4.57 Å². The van der Waals surface area contributed by atoms with Gasteiger partial charge in [0.15, 0.2) is 0 Å². The topological polar surface area (TPSA) is 46.5 Å². The van der Waals surface area contributed by atoms with Crippen molar-refractivity contribution in [2.75, 3.05) is 0 Å². The van der Waals surface area contributed by atoms with Crippen molar-refractivity contribution in [3.8, 4) is 0 Å². The minimum atomic E-state index is -3.97. The summed E-state index contributed by atoms with van der Waals surface area (Å²) in [5, 5.41) is 1.89. The van der Waals surface area contributed by atoms with E-state index in [4.69, 9.17) is 27.7 Å². The summed E-state index contributed by atoms with van der Waals surface area (Å²) in [4.78, 5) is 11.7. The molecule has 0 radical (unpaired) electrons. The van der Waals surface area contributed by atoms with E-state index in [1.165, 1.54) is 11.3 Å². The number of thiophene rings is 1. The van der Waals surface area contributed by atoms with Crippen LogP contribution < -0.4 is 0 Å². The van der Waals surface area contributed by atoms with Crippen LogP contribution in [0.3, 0.4) is 0 Å². The Morgan fingerprint density at radius 1 is 1.21 bits per heavy atom. The average Bonchev–Trinajstić information content (AvgIpc) is 2.98. The monoisotopic (exact) mass is 520 g/mol. The molecule has 3 atom stereocenters. The summed E-state index contributed by atoms with van der Waals surface area (Å²) in [7, 11) is -3.97. The van der Waals surface area contributed by atoms with Crippen molar-refractivity contribution in [2.45, 2.75) is 38.5 Å². The number of hydrogen-bond acceptors (Lipinski definition) is 3. The largest absolute Gasteiger partial charge is 0.336 e. The predicted molar refractivity (Wildman–Crippen MR) is 123 cm³/mol. The Labute approximate surface area is 187 Å². The van der Waals surface area contributed by atoms with Crippen LogP contribution in [-0.2, 0) is 15.5 Å². The molecule has 0 fully saturated rings. The van der Waals surface area contributed by atoms with Crippen LogP contribution in [0, 0.1) is 0 Å². The molecule has 28 heavy (non-hydrogen) atoms. The van der Waals surface area contributed by atoms with Gasteiger partial charge in [-0.2, -0.15) is 0 Å². The quantitative estimate of drug-likeness (QED) is 0.318. The lowest BCUT2D eigenvalue weighted by atomic mass is 10.1. The molecule has 1 aromatic heterocycles. The van der Waals surface area contributed by atoms with E-state index in [0.717, 1.165) is 25.0 Å². The van der Waals surface area contributed by atoms with Gasteiger partial charge in [-0.15, -0.1) is 11.3 Å². The van der Waals surface area contributed by atoms with Crippen LogP contribution in [-0.4, -0.2) is 11.0 Å². The van der Waals surface area contributed by atoms with Gasteiger partial charge in [-0.05, 0) is 59.5 Å². The number of rotatable bonds is 7. The van der Waals surface area contributed by atoms with Gasteiger partial charge in [0.2, 0.25) is 0 Å². The highest BCUT2D eigenvalue weighted by molar-refractivity contribution is 9.10. The van der Waals surface area contributed by atoms with Gasteiger partial charge in [0, 0.05) is 19.4 Å². The molecule has 1 N–H and O–H groups in total. The Bertz CT molecular complexity index is 1040. The number of halogens is 3. The van der Waals surface area contributed by atoms with Crippen LogP contribution in [0.25, 0.3) is 10.1 Å². The molecule has 150 valence electrons. The second kappa shape index (κ2) is 9.18. The third kappa shape index (κ3) is 4.84. The molecule has 3 rings (SSSR count). The van der Waals surface area contributed by atoms with Crippen LogP contribution >= 0.6 is 58.1 Å². The first kappa shape index (κ1) is 22.3. The lowest BCUT2D eigenvalue weighted by molar-refractivity contribution is 0.180. The molecular weight excluding hydrogens is 502 g/mol. The molecule has 0 amide bonds. The van der Waals surface area contributed by atoms with E-state index in [9.17, 15) is 9.46 Å². The van der Waals surface area contributed by atoms with E-state index in [-0.39, 0.29) is 6.10 Å². The zero-order valence-electron chi connectivity index (χ0n) is 15.4. The number of hydrogen-bond donors (Lipinski definition) is 1. The standard InChI is InChI=1S/C20H20BrCl2O3PS/c1-3-12(2)26-27(24,25)17(11-13-8-9-15(22)16(23)10-13)20-19(21)14-6-4-5-7-18(14)28-20/h4-10,12,17H,3,11H2,1-2H3,(H,24,25). The van der Waals surface area contributed by atoms with Crippen LogP contribution in [0.4, 0.5) is 0 Å². The average molecular weight is 522 g/mol. The normalized spacial score (nSPS) is 16.1. The third-order valence-corrected chi connectivity index (χ3v) is 9.78. The fourth-order valence-corrected chi connectivity index (χ4v) is 7.71. The van der Waals surface area contributed by atoms with E-state index in [2.05, 4.69) is 15.9 Å². The van der Waals surface area contributed by atoms with Crippen LogP contribution in [0.2, 0.25) is 10.0 Å². The zero-order chi connectivity index (χ0) is 20.5. The highest BCUT2D eigenvalue weighted by Gasteiger charge is 2.38. The van der Waals surface area contributed by atoms with E-state index < -0.39 is 13.3 Å². The zero-order valence-corrected chi connectivity index (χ0v) is 20.2.